The number of nitrogens with two attached hydrogens (primary N) is 1. The number of thioether (sulfide) groups is 1. The normalized spacial score (nSPS) is 12.8. The molecule has 0 saturated carbocycles. The third kappa shape index (κ3) is 4.90. The van der Waals surface area contributed by atoms with Crippen molar-refractivity contribution in [2.75, 3.05) is 5.75 Å². The third-order valence-corrected chi connectivity index (χ3v) is 2.72. The average Bonchev–Trinajstić information content (AvgIpc) is 2.14. The number of hydrogen-bond acceptors (Lipinski definition) is 3. The second-order valence-electron chi connectivity index (χ2n) is 3.14. The predicted octanol–water partition coefficient (Wildman–Crippen LogP) is 2.30. The lowest BCUT2D eigenvalue weighted by molar-refractivity contribution is 0.656. The summed E-state index contributed by atoms with van der Waals surface area (Å²) in [6.45, 7) is 2.05. The monoisotopic (exact) mass is 196 g/mol. The van der Waals surface area contributed by atoms with Crippen molar-refractivity contribution >= 4 is 11.8 Å². The first kappa shape index (κ1) is 10.5. The first-order valence-electron chi connectivity index (χ1n) is 4.58. The second kappa shape index (κ2) is 6.00. The van der Waals surface area contributed by atoms with Crippen molar-refractivity contribution in [2.24, 2.45) is 5.73 Å². The molecule has 0 spiro atoms. The summed E-state index contributed by atoms with van der Waals surface area (Å²) >= 11 is 1.80. The van der Waals surface area contributed by atoms with Gasteiger partial charge < -0.3 is 5.73 Å². The molecular formula is C10H16N2S. The van der Waals surface area contributed by atoms with Crippen molar-refractivity contribution < 1.29 is 0 Å². The number of nitrogens with zero attached hydrogens (tertiary/aromatic N) is 1. The first-order valence-corrected chi connectivity index (χ1v) is 5.57. The Morgan fingerprint density at radius 2 is 2.38 bits per heavy atom. The molecule has 2 N–H and O–H groups in total. The van der Waals surface area contributed by atoms with Crippen LogP contribution in [0, 0.1) is 0 Å². The van der Waals surface area contributed by atoms with E-state index in [1.54, 1.807) is 11.8 Å². The van der Waals surface area contributed by atoms with Crippen LogP contribution in [0.5, 0.6) is 0 Å². The fraction of sp³-hybridized carbons (Fsp3) is 0.500. The van der Waals surface area contributed by atoms with Gasteiger partial charge in [-0.15, -0.1) is 11.8 Å². The molecule has 0 amide bonds. The van der Waals surface area contributed by atoms with Crippen LogP contribution >= 0.6 is 11.8 Å². The van der Waals surface area contributed by atoms with Gasteiger partial charge in [0.05, 0.1) is 5.03 Å². The summed E-state index contributed by atoms with van der Waals surface area (Å²) < 4.78 is 0. The summed E-state index contributed by atoms with van der Waals surface area (Å²) in [4.78, 5) is 4.23. The van der Waals surface area contributed by atoms with Gasteiger partial charge in [0.25, 0.3) is 0 Å². The van der Waals surface area contributed by atoms with E-state index in [1.165, 1.54) is 6.42 Å². The number of hydrogen-bond donors (Lipinski definition) is 1. The van der Waals surface area contributed by atoms with E-state index < -0.39 is 0 Å². The minimum Gasteiger partial charge on any atom is -0.328 e. The summed E-state index contributed by atoms with van der Waals surface area (Å²) in [5.74, 6) is 1.11. The highest BCUT2D eigenvalue weighted by Crippen LogP contribution is 2.15. The molecule has 1 rings (SSSR count). The van der Waals surface area contributed by atoms with E-state index in [0.29, 0.717) is 6.04 Å². The van der Waals surface area contributed by atoms with Crippen molar-refractivity contribution in [1.82, 2.24) is 4.98 Å². The van der Waals surface area contributed by atoms with Crippen LogP contribution < -0.4 is 5.73 Å². The number of pyridine rings is 1. The Bertz CT molecular complexity index is 224. The van der Waals surface area contributed by atoms with E-state index in [2.05, 4.69) is 4.98 Å². The summed E-state index contributed by atoms with van der Waals surface area (Å²) in [5, 5.41) is 1.10. The van der Waals surface area contributed by atoms with Gasteiger partial charge in [0.2, 0.25) is 0 Å². The molecule has 13 heavy (non-hydrogen) atoms. The van der Waals surface area contributed by atoms with Crippen LogP contribution in [0.1, 0.15) is 19.8 Å². The van der Waals surface area contributed by atoms with Gasteiger partial charge in [-0.25, -0.2) is 4.98 Å². The highest BCUT2D eigenvalue weighted by Gasteiger charge is 1.96. The minimum atomic E-state index is 0.323. The van der Waals surface area contributed by atoms with Crippen LogP contribution in [0.4, 0.5) is 0 Å². The summed E-state index contributed by atoms with van der Waals surface area (Å²) in [5.41, 5.74) is 5.65. The van der Waals surface area contributed by atoms with Crippen LogP contribution in [0.15, 0.2) is 29.4 Å². The topological polar surface area (TPSA) is 38.9 Å². The molecule has 1 aromatic rings. The molecule has 0 aliphatic carbocycles. The van der Waals surface area contributed by atoms with Crippen LogP contribution in [-0.2, 0) is 0 Å². The first-order chi connectivity index (χ1) is 6.29. The van der Waals surface area contributed by atoms with E-state index >= 15 is 0 Å². The highest BCUT2D eigenvalue weighted by molar-refractivity contribution is 7.99. The number of aromatic nitrogens is 1. The molecule has 1 aromatic heterocycles. The molecule has 0 saturated heterocycles. The Hall–Kier alpha value is -0.540. The minimum absolute atomic E-state index is 0.323. The molecule has 0 aromatic carbocycles. The van der Waals surface area contributed by atoms with Gasteiger partial charge in [0, 0.05) is 12.2 Å². The van der Waals surface area contributed by atoms with Gasteiger partial charge in [0.15, 0.2) is 0 Å². The van der Waals surface area contributed by atoms with Gasteiger partial charge in [-0.05, 0) is 37.7 Å². The quantitative estimate of drug-likeness (QED) is 0.580. The van der Waals surface area contributed by atoms with Crippen LogP contribution in [0.25, 0.3) is 0 Å². The van der Waals surface area contributed by atoms with Gasteiger partial charge in [0.1, 0.15) is 0 Å². The molecule has 2 nitrogen and oxygen atoms in total. The standard InChI is InChI=1S/C10H16N2S/c1-9(11)5-4-8-13-10-6-2-3-7-12-10/h2-3,6-7,9H,4-5,8,11H2,1H3. The lowest BCUT2D eigenvalue weighted by Gasteiger charge is -2.03. The fourth-order valence-corrected chi connectivity index (χ4v) is 1.84. The maximum absolute atomic E-state index is 5.65. The smallest absolute Gasteiger partial charge is 0.0959 e. The highest BCUT2D eigenvalue weighted by atomic mass is 32.2. The SMILES string of the molecule is CC(N)CCCSc1ccccn1. The molecule has 0 fully saturated rings. The van der Waals surface area contributed by atoms with Crippen molar-refractivity contribution in [3.8, 4) is 0 Å². The van der Waals surface area contributed by atoms with E-state index in [9.17, 15) is 0 Å². The molecule has 0 bridgehead atoms. The van der Waals surface area contributed by atoms with Gasteiger partial charge in [-0.2, -0.15) is 0 Å². The molecule has 1 unspecified atom stereocenters. The Kier molecular flexibility index (Phi) is 4.86. The molecule has 3 heteroatoms. The van der Waals surface area contributed by atoms with Crippen LogP contribution in [-0.4, -0.2) is 16.8 Å². The molecule has 1 heterocycles. The van der Waals surface area contributed by atoms with Crippen molar-refractivity contribution in [3.05, 3.63) is 24.4 Å². The van der Waals surface area contributed by atoms with E-state index in [-0.39, 0.29) is 0 Å². The molecule has 1 atom stereocenters. The third-order valence-electron chi connectivity index (χ3n) is 1.69. The largest absolute Gasteiger partial charge is 0.328 e. The van der Waals surface area contributed by atoms with Gasteiger partial charge in [-0.1, -0.05) is 6.07 Å². The maximum Gasteiger partial charge on any atom is 0.0959 e. The second-order valence-corrected chi connectivity index (χ2v) is 4.25. The zero-order valence-corrected chi connectivity index (χ0v) is 8.76. The molecule has 72 valence electrons. The maximum atomic E-state index is 5.65. The predicted molar refractivity (Wildman–Crippen MR) is 57.8 cm³/mol. The van der Waals surface area contributed by atoms with E-state index in [0.717, 1.165) is 17.2 Å². The lowest BCUT2D eigenvalue weighted by atomic mass is 10.2. The summed E-state index contributed by atoms with van der Waals surface area (Å²) in [6, 6.07) is 6.31. The molecular weight excluding hydrogens is 180 g/mol. The zero-order chi connectivity index (χ0) is 9.52. The van der Waals surface area contributed by atoms with Gasteiger partial charge >= 0.3 is 0 Å². The Labute approximate surface area is 83.9 Å². The van der Waals surface area contributed by atoms with E-state index in [4.69, 9.17) is 5.73 Å². The van der Waals surface area contributed by atoms with Crippen molar-refractivity contribution in [3.63, 3.8) is 0 Å². The summed E-state index contributed by atoms with van der Waals surface area (Å²) in [6.07, 6.45) is 4.09. The van der Waals surface area contributed by atoms with Crippen molar-refractivity contribution in [1.29, 1.82) is 0 Å². The van der Waals surface area contributed by atoms with E-state index in [1.807, 2.05) is 31.3 Å². The van der Waals surface area contributed by atoms with Crippen LogP contribution in [0.3, 0.4) is 0 Å². The molecule has 0 aliphatic rings. The van der Waals surface area contributed by atoms with Gasteiger partial charge in [-0.3, -0.25) is 0 Å². The summed E-state index contributed by atoms with van der Waals surface area (Å²) in [7, 11) is 0. The average molecular weight is 196 g/mol. The lowest BCUT2D eigenvalue weighted by Crippen LogP contribution is -2.14. The Balaban J connectivity index is 2.13. The Morgan fingerprint density at radius 1 is 1.54 bits per heavy atom. The zero-order valence-electron chi connectivity index (χ0n) is 7.94. The molecule has 0 aliphatic heterocycles. The van der Waals surface area contributed by atoms with Crippen LogP contribution in [0.2, 0.25) is 0 Å². The fourth-order valence-electron chi connectivity index (χ4n) is 1.01. The Morgan fingerprint density at radius 3 is 3.00 bits per heavy atom. The molecule has 0 radical (unpaired) electrons. The van der Waals surface area contributed by atoms with Crippen molar-refractivity contribution in [2.45, 2.75) is 30.8 Å². The number of rotatable bonds is 5.